The Labute approximate surface area is 164 Å². The third-order valence-corrected chi connectivity index (χ3v) is 4.78. The zero-order valence-corrected chi connectivity index (χ0v) is 16.2. The Morgan fingerprint density at radius 2 is 1.75 bits per heavy atom. The van der Waals surface area contributed by atoms with Crippen LogP contribution >= 0.6 is 0 Å². The van der Waals surface area contributed by atoms with E-state index in [1.54, 1.807) is 36.3 Å². The molecule has 1 fully saturated rings. The largest absolute Gasteiger partial charge is 0.496 e. The Bertz CT molecular complexity index is 832. The summed E-state index contributed by atoms with van der Waals surface area (Å²) >= 11 is 0. The molecule has 7 nitrogen and oxygen atoms in total. The molecule has 1 N–H and O–H groups in total. The molecule has 148 valence electrons. The second kappa shape index (κ2) is 9.23. The van der Waals surface area contributed by atoms with Crippen LogP contribution in [0.25, 0.3) is 0 Å². The van der Waals surface area contributed by atoms with E-state index in [0.29, 0.717) is 24.3 Å². The highest BCUT2D eigenvalue weighted by Crippen LogP contribution is 2.20. The molecule has 3 rings (SSSR count). The van der Waals surface area contributed by atoms with Gasteiger partial charge >= 0.3 is 12.0 Å². The van der Waals surface area contributed by atoms with Gasteiger partial charge in [0.05, 0.1) is 19.8 Å². The first kappa shape index (κ1) is 19.7. The number of carbonyl (C=O) groups excluding carboxylic acids is 2. The Balaban J connectivity index is 1.53. The van der Waals surface area contributed by atoms with Crippen molar-refractivity contribution in [3.05, 3.63) is 59.7 Å². The fourth-order valence-electron chi connectivity index (χ4n) is 3.23. The number of para-hydroxylation sites is 1. The first-order valence-electron chi connectivity index (χ1n) is 9.19. The zero-order chi connectivity index (χ0) is 19.9. The molecule has 1 heterocycles. The van der Waals surface area contributed by atoms with Gasteiger partial charge in [0.1, 0.15) is 5.75 Å². The minimum atomic E-state index is -0.430. The van der Waals surface area contributed by atoms with Gasteiger partial charge in [-0.3, -0.25) is 4.90 Å². The molecule has 1 aliphatic heterocycles. The molecule has 1 aliphatic rings. The van der Waals surface area contributed by atoms with E-state index in [9.17, 15) is 9.59 Å². The highest BCUT2D eigenvalue weighted by Gasteiger charge is 2.22. The molecular weight excluding hydrogens is 358 g/mol. The van der Waals surface area contributed by atoms with Crippen LogP contribution in [0.5, 0.6) is 5.75 Å². The van der Waals surface area contributed by atoms with Crippen LogP contribution in [0.4, 0.5) is 10.5 Å². The lowest BCUT2D eigenvalue weighted by atomic mass is 10.1. The Kier molecular flexibility index (Phi) is 6.49. The number of piperazine rings is 1. The third kappa shape index (κ3) is 4.80. The number of hydrogen-bond acceptors (Lipinski definition) is 5. The second-order valence-electron chi connectivity index (χ2n) is 6.58. The van der Waals surface area contributed by atoms with Crippen LogP contribution in [0.3, 0.4) is 0 Å². The topological polar surface area (TPSA) is 71.1 Å². The summed E-state index contributed by atoms with van der Waals surface area (Å²) in [7, 11) is 3.01. The lowest BCUT2D eigenvalue weighted by Gasteiger charge is -2.34. The van der Waals surface area contributed by atoms with Crippen molar-refractivity contribution in [2.24, 2.45) is 0 Å². The SMILES string of the molecule is COC(=O)c1cccc(NC(=O)N2CCN(Cc3ccccc3OC)CC2)c1. The van der Waals surface area contributed by atoms with Crippen LogP contribution in [-0.2, 0) is 11.3 Å². The standard InChI is InChI=1S/C21H25N3O4/c1-27-19-9-4-3-6-17(19)15-23-10-12-24(13-11-23)21(26)22-18-8-5-7-16(14-18)20(25)28-2/h3-9,14H,10-13,15H2,1-2H3,(H,22,26). The molecule has 0 radical (unpaired) electrons. The molecule has 0 unspecified atom stereocenters. The number of hydrogen-bond donors (Lipinski definition) is 1. The maximum Gasteiger partial charge on any atom is 0.337 e. The maximum atomic E-state index is 12.5. The number of methoxy groups -OCH3 is 2. The number of benzene rings is 2. The fraction of sp³-hybridized carbons (Fsp3) is 0.333. The monoisotopic (exact) mass is 383 g/mol. The van der Waals surface area contributed by atoms with Crippen LogP contribution in [0.1, 0.15) is 15.9 Å². The highest BCUT2D eigenvalue weighted by molar-refractivity contribution is 5.93. The molecule has 0 aliphatic carbocycles. The average Bonchev–Trinajstić information content (AvgIpc) is 2.74. The molecule has 0 atom stereocenters. The van der Waals surface area contributed by atoms with Crippen LogP contribution in [0.2, 0.25) is 0 Å². The number of urea groups is 1. The Morgan fingerprint density at radius 3 is 2.46 bits per heavy atom. The van der Waals surface area contributed by atoms with E-state index in [4.69, 9.17) is 9.47 Å². The van der Waals surface area contributed by atoms with Crippen molar-refractivity contribution in [1.29, 1.82) is 0 Å². The van der Waals surface area contributed by atoms with Gasteiger partial charge in [-0.2, -0.15) is 0 Å². The number of nitrogens with zero attached hydrogens (tertiary/aromatic N) is 2. The maximum absolute atomic E-state index is 12.5. The van der Waals surface area contributed by atoms with Gasteiger partial charge in [0, 0.05) is 44.0 Å². The van der Waals surface area contributed by atoms with Gasteiger partial charge in [0.25, 0.3) is 0 Å². The first-order chi connectivity index (χ1) is 13.6. The van der Waals surface area contributed by atoms with Crippen LogP contribution in [-0.4, -0.2) is 62.2 Å². The smallest absolute Gasteiger partial charge is 0.337 e. The lowest BCUT2D eigenvalue weighted by Crippen LogP contribution is -2.49. The first-order valence-corrected chi connectivity index (χ1v) is 9.19. The number of rotatable bonds is 5. The number of nitrogens with one attached hydrogen (secondary N) is 1. The van der Waals surface area contributed by atoms with E-state index in [1.807, 2.05) is 18.2 Å². The number of carbonyl (C=O) groups is 2. The Morgan fingerprint density at radius 1 is 1.00 bits per heavy atom. The Hall–Kier alpha value is -3.06. The predicted octanol–water partition coefficient (Wildman–Crippen LogP) is 2.83. The molecule has 0 aromatic heterocycles. The minimum Gasteiger partial charge on any atom is -0.496 e. The van der Waals surface area contributed by atoms with Crippen molar-refractivity contribution in [3.8, 4) is 5.75 Å². The number of amides is 2. The quantitative estimate of drug-likeness (QED) is 0.804. The number of esters is 1. The summed E-state index contributed by atoms with van der Waals surface area (Å²) in [5, 5.41) is 2.85. The van der Waals surface area contributed by atoms with Crippen LogP contribution in [0, 0.1) is 0 Å². The number of anilines is 1. The van der Waals surface area contributed by atoms with Gasteiger partial charge in [0.2, 0.25) is 0 Å². The zero-order valence-electron chi connectivity index (χ0n) is 16.2. The molecule has 2 amide bonds. The van der Waals surface area contributed by atoms with Crippen LogP contribution < -0.4 is 10.1 Å². The summed E-state index contributed by atoms with van der Waals surface area (Å²) in [5.74, 6) is 0.453. The van der Waals surface area contributed by atoms with E-state index >= 15 is 0 Å². The van der Waals surface area contributed by atoms with E-state index < -0.39 is 5.97 Å². The molecule has 0 saturated carbocycles. The van der Waals surface area contributed by atoms with Crippen molar-refractivity contribution >= 4 is 17.7 Å². The fourth-order valence-corrected chi connectivity index (χ4v) is 3.23. The molecule has 1 saturated heterocycles. The van der Waals surface area contributed by atoms with Crippen molar-refractivity contribution < 1.29 is 19.1 Å². The summed E-state index contributed by atoms with van der Waals surface area (Å²) in [6.45, 7) is 3.64. The third-order valence-electron chi connectivity index (χ3n) is 4.78. The summed E-state index contributed by atoms with van der Waals surface area (Å²) in [5.41, 5.74) is 2.12. The predicted molar refractivity (Wildman–Crippen MR) is 107 cm³/mol. The summed E-state index contributed by atoms with van der Waals surface area (Å²) in [6.07, 6.45) is 0. The summed E-state index contributed by atoms with van der Waals surface area (Å²) in [6, 6.07) is 14.5. The van der Waals surface area contributed by atoms with Crippen molar-refractivity contribution in [2.75, 3.05) is 45.7 Å². The molecule has 2 aromatic carbocycles. The molecule has 0 bridgehead atoms. The highest BCUT2D eigenvalue weighted by atomic mass is 16.5. The van der Waals surface area contributed by atoms with Gasteiger partial charge in [-0.1, -0.05) is 24.3 Å². The van der Waals surface area contributed by atoms with E-state index in [-0.39, 0.29) is 6.03 Å². The number of ether oxygens (including phenoxy) is 2. The van der Waals surface area contributed by atoms with Gasteiger partial charge in [-0.15, -0.1) is 0 Å². The van der Waals surface area contributed by atoms with E-state index in [0.717, 1.165) is 30.9 Å². The molecule has 7 heteroatoms. The van der Waals surface area contributed by atoms with Gasteiger partial charge in [0.15, 0.2) is 0 Å². The van der Waals surface area contributed by atoms with Gasteiger partial charge in [-0.25, -0.2) is 9.59 Å². The van der Waals surface area contributed by atoms with Crippen molar-refractivity contribution in [3.63, 3.8) is 0 Å². The van der Waals surface area contributed by atoms with E-state index in [1.165, 1.54) is 7.11 Å². The molecule has 0 spiro atoms. The average molecular weight is 383 g/mol. The minimum absolute atomic E-state index is 0.168. The summed E-state index contributed by atoms with van der Waals surface area (Å²) < 4.78 is 10.1. The van der Waals surface area contributed by atoms with Gasteiger partial charge < -0.3 is 19.7 Å². The molecule has 28 heavy (non-hydrogen) atoms. The normalized spacial score (nSPS) is 14.4. The van der Waals surface area contributed by atoms with E-state index in [2.05, 4.69) is 16.3 Å². The van der Waals surface area contributed by atoms with Gasteiger partial charge in [-0.05, 0) is 24.3 Å². The van der Waals surface area contributed by atoms with Crippen molar-refractivity contribution in [1.82, 2.24) is 9.80 Å². The molecular formula is C21H25N3O4. The second-order valence-corrected chi connectivity index (χ2v) is 6.58. The summed E-state index contributed by atoms with van der Waals surface area (Å²) in [4.78, 5) is 28.3. The lowest BCUT2D eigenvalue weighted by molar-refractivity contribution is 0.0600. The molecule has 2 aromatic rings. The van der Waals surface area contributed by atoms with Crippen LogP contribution in [0.15, 0.2) is 48.5 Å². The van der Waals surface area contributed by atoms with Crippen molar-refractivity contribution in [2.45, 2.75) is 6.54 Å².